The molecule has 0 saturated carbocycles. The molecule has 9 heteroatoms. The standard InChI is InChI=1S/C15H27N3O5.Lu/c1-12(2)13(19)9-16-3-5-17(10-14(20)21)7-8-18(6-4-16)11-15(22)23;/h12H,3-11H2,1-2H3,(H,20,21)(H,22,23);/q;+3/i;1+2. The summed E-state index contributed by atoms with van der Waals surface area (Å²) in [5.74, 6) is -1.72. The van der Waals surface area contributed by atoms with E-state index in [1.165, 1.54) is 0 Å². The van der Waals surface area contributed by atoms with Crippen LogP contribution in [0.1, 0.15) is 13.8 Å². The zero-order valence-corrected chi connectivity index (χ0v) is 15.8. The second-order valence-electron chi connectivity index (χ2n) is 6.24. The summed E-state index contributed by atoms with van der Waals surface area (Å²) in [6.07, 6.45) is 0. The monoisotopic (exact) mass is 506 g/mol. The van der Waals surface area contributed by atoms with E-state index < -0.39 is 11.9 Å². The van der Waals surface area contributed by atoms with E-state index in [0.717, 1.165) is 0 Å². The van der Waals surface area contributed by atoms with Gasteiger partial charge in [-0.1, -0.05) is 13.8 Å². The number of carbonyl (C=O) groups is 3. The number of carboxylic acid groups (broad SMARTS) is 2. The SMILES string of the molecule is CC(C)C(=O)CN1CCN(CC(=O)O)CCN(CC(=O)O)CC1.[177Lu+3]. The molecule has 0 spiro atoms. The number of hydrogen-bond acceptors (Lipinski definition) is 6. The van der Waals surface area contributed by atoms with E-state index in [1.54, 1.807) is 9.80 Å². The first-order chi connectivity index (χ1) is 10.8. The van der Waals surface area contributed by atoms with Gasteiger partial charge >= 0.3 is 48.8 Å². The molecular formula is C15H27LuN3O5+3. The number of rotatable bonds is 7. The Labute approximate surface area is 171 Å². The Balaban J connectivity index is 0.00000529. The van der Waals surface area contributed by atoms with Gasteiger partial charge in [-0.25, -0.2) is 0 Å². The van der Waals surface area contributed by atoms with Gasteiger partial charge in [-0.2, -0.15) is 0 Å². The van der Waals surface area contributed by atoms with Gasteiger partial charge in [-0.05, 0) is 0 Å². The van der Waals surface area contributed by atoms with Crippen molar-refractivity contribution >= 4 is 17.7 Å². The largest absolute Gasteiger partial charge is 3.00 e. The molecule has 24 heavy (non-hydrogen) atoms. The molecule has 1 aliphatic heterocycles. The molecule has 1 heterocycles. The van der Waals surface area contributed by atoms with Gasteiger partial charge in [0.1, 0.15) is 5.78 Å². The second kappa shape index (κ2) is 12.1. The smallest absolute Gasteiger partial charge is 0.480 e. The number of hydrogen-bond donors (Lipinski definition) is 2. The third-order valence-corrected chi connectivity index (χ3v) is 3.94. The molecule has 1 rings (SSSR count). The van der Waals surface area contributed by atoms with Crippen LogP contribution in [0.15, 0.2) is 0 Å². The molecule has 0 aromatic carbocycles. The maximum atomic E-state index is 12.0. The normalized spacial score (nSPS) is 18.3. The van der Waals surface area contributed by atoms with Crippen molar-refractivity contribution in [2.24, 2.45) is 5.92 Å². The van der Waals surface area contributed by atoms with Crippen LogP contribution >= 0.6 is 0 Å². The van der Waals surface area contributed by atoms with E-state index in [0.29, 0.717) is 45.8 Å². The van der Waals surface area contributed by atoms with Gasteiger partial charge < -0.3 is 10.2 Å². The third kappa shape index (κ3) is 9.88. The summed E-state index contributed by atoms with van der Waals surface area (Å²) in [5.41, 5.74) is 0. The Kier molecular flexibility index (Phi) is 12.0. The summed E-state index contributed by atoms with van der Waals surface area (Å²) in [4.78, 5) is 39.4. The fourth-order valence-corrected chi connectivity index (χ4v) is 2.44. The van der Waals surface area contributed by atoms with Crippen LogP contribution in [0.5, 0.6) is 0 Å². The summed E-state index contributed by atoms with van der Waals surface area (Å²) in [7, 11) is 0. The first-order valence-corrected chi connectivity index (χ1v) is 7.91. The Hall–Kier alpha value is -0.276. The predicted octanol–water partition coefficient (Wildman–Crippen LogP) is -0.700. The van der Waals surface area contributed by atoms with Gasteiger partial charge in [-0.3, -0.25) is 29.1 Å². The van der Waals surface area contributed by atoms with Crippen molar-refractivity contribution in [3.05, 3.63) is 0 Å². The third-order valence-electron chi connectivity index (χ3n) is 3.94. The summed E-state index contributed by atoms with van der Waals surface area (Å²) in [5, 5.41) is 18.0. The average Bonchev–Trinajstić information content (AvgIpc) is 2.51. The van der Waals surface area contributed by atoms with Crippen LogP contribution in [0.3, 0.4) is 0 Å². The van der Waals surface area contributed by atoms with Crippen molar-refractivity contribution in [2.45, 2.75) is 13.8 Å². The number of aliphatic carboxylic acids is 2. The van der Waals surface area contributed by atoms with E-state index >= 15 is 0 Å². The van der Waals surface area contributed by atoms with Crippen LogP contribution < -0.4 is 0 Å². The number of carbonyl (C=O) groups excluding carboxylic acids is 1. The van der Waals surface area contributed by atoms with Crippen LogP contribution in [0.2, 0.25) is 0 Å². The molecule has 0 bridgehead atoms. The molecule has 2 N–H and O–H groups in total. The van der Waals surface area contributed by atoms with Gasteiger partial charge in [0, 0.05) is 45.2 Å². The van der Waals surface area contributed by atoms with Gasteiger partial charge in [-0.15, -0.1) is 0 Å². The summed E-state index contributed by atoms with van der Waals surface area (Å²) >= 11 is 0. The molecule has 1 fully saturated rings. The quantitative estimate of drug-likeness (QED) is 0.468. The van der Waals surface area contributed by atoms with Crippen LogP contribution in [-0.4, -0.2) is 102 Å². The van der Waals surface area contributed by atoms with E-state index in [2.05, 4.69) is 0 Å². The van der Waals surface area contributed by atoms with Crippen molar-refractivity contribution in [3.63, 3.8) is 0 Å². The summed E-state index contributed by atoms with van der Waals surface area (Å²) in [6.45, 7) is 7.20. The zero-order valence-electron chi connectivity index (χ0n) is 14.2. The molecule has 0 radical (unpaired) electrons. The Morgan fingerprint density at radius 2 is 1.04 bits per heavy atom. The van der Waals surface area contributed by atoms with Gasteiger partial charge in [0.2, 0.25) is 0 Å². The molecule has 144 valence electrons. The van der Waals surface area contributed by atoms with Crippen molar-refractivity contribution in [1.29, 1.82) is 0 Å². The zero-order chi connectivity index (χ0) is 17.4. The maximum absolute atomic E-state index is 12.0. The molecule has 1 saturated heterocycles. The number of nitrogens with zero attached hydrogens (tertiary/aromatic N) is 3. The Morgan fingerprint density at radius 3 is 1.29 bits per heavy atom. The van der Waals surface area contributed by atoms with E-state index in [1.807, 2.05) is 18.7 Å². The Bertz CT molecular complexity index is 405. The van der Waals surface area contributed by atoms with Gasteiger partial charge in [0.25, 0.3) is 0 Å². The maximum Gasteiger partial charge on any atom is 3.00 e. The molecule has 0 amide bonds. The molecular weight excluding hydrogens is 479 g/mol. The molecule has 0 aromatic heterocycles. The predicted molar refractivity (Wildman–Crippen MR) is 84.4 cm³/mol. The Morgan fingerprint density at radius 1 is 0.750 bits per heavy atom. The molecule has 1 aliphatic rings. The van der Waals surface area contributed by atoms with Crippen molar-refractivity contribution < 1.29 is 61.5 Å². The first kappa shape index (κ1) is 23.7. The minimum atomic E-state index is -0.904. The fourth-order valence-electron chi connectivity index (χ4n) is 2.44. The molecule has 0 aromatic rings. The van der Waals surface area contributed by atoms with Crippen molar-refractivity contribution in [3.8, 4) is 0 Å². The van der Waals surface area contributed by atoms with Crippen LogP contribution in [0.4, 0.5) is 0 Å². The topological polar surface area (TPSA) is 101 Å². The second-order valence-corrected chi connectivity index (χ2v) is 6.24. The summed E-state index contributed by atoms with van der Waals surface area (Å²) in [6, 6.07) is 0. The molecule has 0 unspecified atom stereocenters. The number of ketones is 1. The first-order valence-electron chi connectivity index (χ1n) is 7.91. The van der Waals surface area contributed by atoms with Crippen LogP contribution in [-0.2, 0) is 14.4 Å². The molecule has 0 atom stereocenters. The summed E-state index contributed by atoms with van der Waals surface area (Å²) < 4.78 is 0. The molecule has 0 aliphatic carbocycles. The van der Waals surface area contributed by atoms with E-state index in [9.17, 15) is 14.4 Å². The minimum absolute atomic E-state index is 0. The average molecular weight is 506 g/mol. The van der Waals surface area contributed by atoms with Crippen LogP contribution in [0.25, 0.3) is 0 Å². The van der Waals surface area contributed by atoms with E-state index in [-0.39, 0.29) is 61.7 Å². The van der Waals surface area contributed by atoms with Crippen molar-refractivity contribution in [1.82, 2.24) is 14.7 Å². The fraction of sp³-hybridized carbons (Fsp3) is 0.800. The minimum Gasteiger partial charge on any atom is -0.480 e. The number of Topliss-reactive ketones (excluding diaryl/α,β-unsaturated/α-hetero) is 1. The van der Waals surface area contributed by atoms with Gasteiger partial charge in [0.15, 0.2) is 0 Å². The van der Waals surface area contributed by atoms with Crippen LogP contribution in [0, 0.1) is 42.8 Å². The van der Waals surface area contributed by atoms with E-state index in [4.69, 9.17) is 10.2 Å². The molecule has 8 nitrogen and oxygen atoms in total. The van der Waals surface area contributed by atoms with Gasteiger partial charge in [0.05, 0.1) is 19.6 Å². The van der Waals surface area contributed by atoms with Crippen molar-refractivity contribution in [2.75, 3.05) is 58.9 Å². The number of carboxylic acids is 2.